The molecule has 2 N–H and O–H groups in total. The van der Waals surface area contributed by atoms with Crippen molar-refractivity contribution >= 4 is 28.8 Å². The van der Waals surface area contributed by atoms with E-state index >= 15 is 0 Å². The number of fused-ring (bicyclic) bond motifs is 1. The maximum Gasteiger partial charge on any atom is 0.426 e. The van der Waals surface area contributed by atoms with Gasteiger partial charge in [0.2, 0.25) is 0 Å². The van der Waals surface area contributed by atoms with Crippen LogP contribution in [0.1, 0.15) is 37.7 Å². The normalized spacial score (nSPS) is 17.1. The van der Waals surface area contributed by atoms with Gasteiger partial charge in [-0.2, -0.15) is 0 Å². The predicted molar refractivity (Wildman–Crippen MR) is 98.7 cm³/mol. The quantitative estimate of drug-likeness (QED) is 0.861. The van der Waals surface area contributed by atoms with Crippen LogP contribution in [0.2, 0.25) is 0 Å². The standard InChI is InChI=1S/C19H22N4O4/c1-19(2,3)27-18(26)22-23-11-10-15(17(23)25)21-16(24)14-9-8-12-6-4-5-7-13(12)20-14/h4-9,15H,10-11H2,1-3H3,(H,21,24)(H,22,26)/t15-/m0/s1. The van der Waals surface area contributed by atoms with Crippen molar-refractivity contribution in [2.24, 2.45) is 0 Å². The Morgan fingerprint density at radius 3 is 2.67 bits per heavy atom. The number of rotatable bonds is 3. The molecule has 1 aliphatic rings. The van der Waals surface area contributed by atoms with Gasteiger partial charge in [-0.1, -0.05) is 24.3 Å². The molecule has 1 aromatic carbocycles. The summed E-state index contributed by atoms with van der Waals surface area (Å²) in [5, 5.41) is 4.77. The van der Waals surface area contributed by atoms with Crippen LogP contribution in [0.3, 0.4) is 0 Å². The van der Waals surface area contributed by atoms with E-state index in [9.17, 15) is 14.4 Å². The maximum atomic E-state index is 12.5. The SMILES string of the molecule is CC(C)(C)OC(=O)NN1CC[C@H](NC(=O)c2ccc3ccccc3n2)C1=O. The number of benzene rings is 1. The van der Waals surface area contributed by atoms with E-state index in [4.69, 9.17) is 4.74 Å². The molecule has 1 saturated heterocycles. The van der Waals surface area contributed by atoms with E-state index in [0.717, 1.165) is 10.4 Å². The Morgan fingerprint density at radius 2 is 1.93 bits per heavy atom. The number of ether oxygens (including phenoxy) is 1. The summed E-state index contributed by atoms with van der Waals surface area (Å²) in [5.41, 5.74) is 2.68. The molecule has 0 unspecified atom stereocenters. The highest BCUT2D eigenvalue weighted by atomic mass is 16.6. The van der Waals surface area contributed by atoms with Crippen molar-refractivity contribution < 1.29 is 19.1 Å². The van der Waals surface area contributed by atoms with Crippen LogP contribution in [0.25, 0.3) is 10.9 Å². The predicted octanol–water partition coefficient (Wildman–Crippen LogP) is 2.01. The summed E-state index contributed by atoms with van der Waals surface area (Å²) in [6.45, 7) is 5.49. The first-order chi connectivity index (χ1) is 12.7. The van der Waals surface area contributed by atoms with Crippen molar-refractivity contribution in [3.8, 4) is 0 Å². The molecule has 3 rings (SSSR count). The molecule has 1 atom stereocenters. The molecule has 2 aromatic rings. The molecule has 27 heavy (non-hydrogen) atoms. The van der Waals surface area contributed by atoms with E-state index in [0.29, 0.717) is 11.9 Å². The van der Waals surface area contributed by atoms with Crippen LogP contribution in [-0.4, -0.2) is 46.1 Å². The lowest BCUT2D eigenvalue weighted by Gasteiger charge is -2.23. The van der Waals surface area contributed by atoms with Crippen molar-refractivity contribution in [1.82, 2.24) is 20.7 Å². The Bertz CT molecular complexity index is 891. The van der Waals surface area contributed by atoms with Gasteiger partial charge in [0, 0.05) is 11.9 Å². The Labute approximate surface area is 156 Å². The number of aromatic nitrogens is 1. The second-order valence-electron chi connectivity index (χ2n) is 7.31. The van der Waals surface area contributed by atoms with Gasteiger partial charge in [0.05, 0.1) is 5.52 Å². The summed E-state index contributed by atoms with van der Waals surface area (Å²) in [6, 6.07) is 10.2. The minimum absolute atomic E-state index is 0.236. The fourth-order valence-electron chi connectivity index (χ4n) is 2.76. The van der Waals surface area contributed by atoms with Gasteiger partial charge in [-0.15, -0.1) is 0 Å². The number of pyridine rings is 1. The number of amides is 3. The second-order valence-corrected chi connectivity index (χ2v) is 7.31. The highest BCUT2D eigenvalue weighted by molar-refractivity contribution is 5.98. The maximum absolute atomic E-state index is 12.5. The molecule has 142 valence electrons. The molecule has 0 spiro atoms. The zero-order valence-corrected chi connectivity index (χ0v) is 15.5. The number of hydrazine groups is 1. The van der Waals surface area contributed by atoms with Gasteiger partial charge in [0.15, 0.2) is 0 Å². The van der Waals surface area contributed by atoms with E-state index in [2.05, 4.69) is 15.7 Å². The van der Waals surface area contributed by atoms with E-state index in [1.54, 1.807) is 26.8 Å². The average molecular weight is 370 g/mol. The zero-order chi connectivity index (χ0) is 19.6. The first-order valence-electron chi connectivity index (χ1n) is 8.70. The molecular weight excluding hydrogens is 348 g/mol. The van der Waals surface area contributed by atoms with Crippen LogP contribution in [0.4, 0.5) is 4.79 Å². The van der Waals surface area contributed by atoms with Crippen molar-refractivity contribution in [3.63, 3.8) is 0 Å². The molecule has 1 aliphatic heterocycles. The summed E-state index contributed by atoms with van der Waals surface area (Å²) in [7, 11) is 0. The highest BCUT2D eigenvalue weighted by Gasteiger charge is 2.35. The fraction of sp³-hybridized carbons (Fsp3) is 0.368. The van der Waals surface area contributed by atoms with Gasteiger partial charge in [0.25, 0.3) is 11.8 Å². The Hall–Kier alpha value is -3.16. The summed E-state index contributed by atoms with van der Waals surface area (Å²) >= 11 is 0. The molecule has 8 heteroatoms. The largest absolute Gasteiger partial charge is 0.443 e. The fourth-order valence-corrected chi connectivity index (χ4v) is 2.76. The lowest BCUT2D eigenvalue weighted by Crippen LogP contribution is -2.49. The molecule has 0 saturated carbocycles. The molecule has 1 fully saturated rings. The van der Waals surface area contributed by atoms with E-state index in [-0.39, 0.29) is 12.2 Å². The summed E-state index contributed by atoms with van der Waals surface area (Å²) in [6.07, 6.45) is -0.326. The van der Waals surface area contributed by atoms with Crippen LogP contribution >= 0.6 is 0 Å². The monoisotopic (exact) mass is 370 g/mol. The lowest BCUT2D eigenvalue weighted by atomic mass is 10.2. The summed E-state index contributed by atoms with van der Waals surface area (Å²) in [5.74, 6) is -0.826. The lowest BCUT2D eigenvalue weighted by molar-refractivity contribution is -0.131. The van der Waals surface area contributed by atoms with Gasteiger partial charge < -0.3 is 10.1 Å². The van der Waals surface area contributed by atoms with Crippen LogP contribution in [-0.2, 0) is 9.53 Å². The molecule has 8 nitrogen and oxygen atoms in total. The third-order valence-electron chi connectivity index (χ3n) is 3.97. The molecule has 0 radical (unpaired) electrons. The minimum Gasteiger partial charge on any atom is -0.443 e. The third-order valence-corrected chi connectivity index (χ3v) is 3.97. The van der Waals surface area contributed by atoms with Gasteiger partial charge in [-0.25, -0.2) is 20.2 Å². The number of carbonyl (C=O) groups is 3. The molecule has 1 aromatic heterocycles. The van der Waals surface area contributed by atoms with Gasteiger partial charge in [-0.3, -0.25) is 9.59 Å². The van der Waals surface area contributed by atoms with Crippen LogP contribution in [0.15, 0.2) is 36.4 Å². The molecule has 3 amide bonds. The summed E-state index contributed by atoms with van der Waals surface area (Å²) < 4.78 is 5.13. The average Bonchev–Trinajstić information content (AvgIpc) is 2.93. The number of nitrogens with zero attached hydrogens (tertiary/aromatic N) is 2. The summed E-state index contributed by atoms with van der Waals surface area (Å²) in [4.78, 5) is 41.0. The van der Waals surface area contributed by atoms with Crippen molar-refractivity contribution in [3.05, 3.63) is 42.1 Å². The van der Waals surface area contributed by atoms with E-state index < -0.39 is 29.6 Å². The Kier molecular flexibility index (Phi) is 4.98. The number of para-hydroxylation sites is 1. The second kappa shape index (κ2) is 7.22. The number of hydrogen-bond donors (Lipinski definition) is 2. The van der Waals surface area contributed by atoms with Crippen molar-refractivity contribution in [1.29, 1.82) is 0 Å². The third kappa shape index (κ3) is 4.52. The topological polar surface area (TPSA) is 101 Å². The van der Waals surface area contributed by atoms with Crippen molar-refractivity contribution in [2.45, 2.75) is 38.8 Å². The van der Waals surface area contributed by atoms with Gasteiger partial charge in [0.1, 0.15) is 17.3 Å². The first kappa shape index (κ1) is 18.6. The number of carbonyl (C=O) groups excluding carboxylic acids is 3. The molecule has 2 heterocycles. The molecular formula is C19H22N4O4. The Balaban J connectivity index is 1.61. The van der Waals surface area contributed by atoms with E-state index in [1.165, 1.54) is 0 Å². The van der Waals surface area contributed by atoms with Gasteiger partial charge in [-0.05, 0) is 39.3 Å². The number of nitrogens with one attached hydrogen (secondary N) is 2. The zero-order valence-electron chi connectivity index (χ0n) is 15.5. The minimum atomic E-state index is -0.722. The Morgan fingerprint density at radius 1 is 1.19 bits per heavy atom. The van der Waals surface area contributed by atoms with E-state index in [1.807, 2.05) is 30.3 Å². The first-order valence-corrected chi connectivity index (χ1v) is 8.70. The van der Waals surface area contributed by atoms with Crippen LogP contribution < -0.4 is 10.7 Å². The van der Waals surface area contributed by atoms with Crippen LogP contribution in [0.5, 0.6) is 0 Å². The molecule has 0 bridgehead atoms. The highest BCUT2D eigenvalue weighted by Crippen LogP contribution is 2.14. The van der Waals surface area contributed by atoms with Crippen molar-refractivity contribution in [2.75, 3.05) is 6.54 Å². The van der Waals surface area contributed by atoms with Crippen LogP contribution in [0, 0.1) is 0 Å². The molecule has 0 aliphatic carbocycles. The van der Waals surface area contributed by atoms with Gasteiger partial charge >= 0.3 is 6.09 Å². The smallest absolute Gasteiger partial charge is 0.426 e. The number of hydrogen-bond acceptors (Lipinski definition) is 5.